The van der Waals surface area contributed by atoms with Crippen molar-refractivity contribution in [3.8, 4) is 0 Å². The number of hydrogen-bond donors (Lipinski definition) is 1. The molecule has 0 bridgehead atoms. The Labute approximate surface area is 189 Å². The second-order valence-electron chi connectivity index (χ2n) is 9.92. The maximum absolute atomic E-state index is 13.9. The molecule has 0 saturated carbocycles. The van der Waals surface area contributed by atoms with Crippen molar-refractivity contribution >= 4 is 17.7 Å². The van der Waals surface area contributed by atoms with E-state index in [1.165, 1.54) is 0 Å². The fraction of sp³-hybridized carbons (Fsp3) is 0.708. The Hall–Kier alpha value is -2.19. The number of likely N-dealkylation sites (tertiary alicyclic amines) is 1. The SMILES string of the molecule is CC(C)N1CC=C[C@]23O[C@@]4(C)C=CCN(C)C(=O)[C@H]4[C@H]2C(=O)N(CCCCCO)C3C1=O. The van der Waals surface area contributed by atoms with Crippen molar-refractivity contribution in [2.24, 2.45) is 11.8 Å². The van der Waals surface area contributed by atoms with Crippen LogP contribution in [-0.2, 0) is 19.1 Å². The van der Waals surface area contributed by atoms with Crippen molar-refractivity contribution in [3.63, 3.8) is 0 Å². The zero-order chi connectivity index (χ0) is 23.3. The molecule has 8 heteroatoms. The van der Waals surface area contributed by atoms with Gasteiger partial charge in [-0.3, -0.25) is 14.4 Å². The molecule has 4 heterocycles. The van der Waals surface area contributed by atoms with Crippen LogP contribution in [0.3, 0.4) is 0 Å². The fourth-order valence-corrected chi connectivity index (χ4v) is 5.94. The zero-order valence-corrected chi connectivity index (χ0v) is 19.5. The summed E-state index contributed by atoms with van der Waals surface area (Å²) in [6, 6.07) is -0.826. The molecule has 176 valence electrons. The molecule has 0 aromatic carbocycles. The summed E-state index contributed by atoms with van der Waals surface area (Å²) in [4.78, 5) is 46.2. The molecule has 5 atom stereocenters. The normalized spacial score (nSPS) is 36.5. The molecule has 1 spiro atoms. The van der Waals surface area contributed by atoms with Crippen molar-refractivity contribution in [1.29, 1.82) is 0 Å². The molecule has 3 amide bonds. The fourth-order valence-electron chi connectivity index (χ4n) is 5.94. The van der Waals surface area contributed by atoms with E-state index in [0.717, 1.165) is 6.42 Å². The molecule has 0 aliphatic carbocycles. The summed E-state index contributed by atoms with van der Waals surface area (Å²) in [7, 11) is 1.74. The molecular weight excluding hydrogens is 410 g/mol. The van der Waals surface area contributed by atoms with Gasteiger partial charge in [0.15, 0.2) is 0 Å². The van der Waals surface area contributed by atoms with Gasteiger partial charge in [0.1, 0.15) is 11.6 Å². The van der Waals surface area contributed by atoms with Crippen molar-refractivity contribution in [1.82, 2.24) is 14.7 Å². The van der Waals surface area contributed by atoms with Crippen molar-refractivity contribution in [2.75, 3.05) is 33.3 Å². The topological polar surface area (TPSA) is 90.4 Å². The first-order valence-electron chi connectivity index (χ1n) is 11.7. The van der Waals surface area contributed by atoms with Gasteiger partial charge in [-0.15, -0.1) is 0 Å². The summed E-state index contributed by atoms with van der Waals surface area (Å²) in [5.74, 6) is -1.88. The minimum Gasteiger partial charge on any atom is -0.396 e. The number of carbonyl (C=O) groups excluding carboxylic acids is 3. The van der Waals surface area contributed by atoms with Crippen LogP contribution >= 0.6 is 0 Å². The van der Waals surface area contributed by atoms with Crippen LogP contribution in [0.4, 0.5) is 0 Å². The van der Waals surface area contributed by atoms with E-state index in [1.807, 2.05) is 45.1 Å². The highest BCUT2D eigenvalue weighted by Crippen LogP contribution is 2.57. The number of ether oxygens (including phenoxy) is 1. The van der Waals surface area contributed by atoms with E-state index in [-0.39, 0.29) is 30.4 Å². The maximum atomic E-state index is 13.9. The predicted octanol–water partition coefficient (Wildman–Crippen LogP) is 0.955. The number of aliphatic hydroxyl groups excluding tert-OH is 1. The Morgan fingerprint density at radius 3 is 2.44 bits per heavy atom. The summed E-state index contributed by atoms with van der Waals surface area (Å²) in [6.45, 7) is 7.20. The van der Waals surface area contributed by atoms with E-state index >= 15 is 0 Å². The summed E-state index contributed by atoms with van der Waals surface area (Å²) >= 11 is 0. The van der Waals surface area contributed by atoms with E-state index in [2.05, 4.69) is 0 Å². The number of rotatable bonds is 6. The second kappa shape index (κ2) is 8.30. The van der Waals surface area contributed by atoms with E-state index in [9.17, 15) is 14.4 Å². The van der Waals surface area contributed by atoms with E-state index < -0.39 is 29.1 Å². The van der Waals surface area contributed by atoms with Gasteiger partial charge in [-0.2, -0.15) is 0 Å². The standard InChI is InChI=1S/C24H35N3O5/c1-16(2)26-14-9-11-24-18(17-20(29)25(4)12-8-10-23(17,3)32-24)21(30)27(19(24)22(26)31)13-6-5-7-15-28/h8-11,16-19,28H,5-7,12-15H2,1-4H3/t17-,18+,19?,23+,24+/m1/s1. The highest BCUT2D eigenvalue weighted by atomic mass is 16.5. The minimum atomic E-state index is -1.17. The average Bonchev–Trinajstić information content (AvgIpc) is 3.00. The van der Waals surface area contributed by atoms with Gasteiger partial charge in [0.25, 0.3) is 0 Å². The van der Waals surface area contributed by atoms with Crippen LogP contribution < -0.4 is 0 Å². The molecule has 4 rings (SSSR count). The monoisotopic (exact) mass is 445 g/mol. The van der Waals surface area contributed by atoms with Gasteiger partial charge in [-0.05, 0) is 40.0 Å². The Bertz CT molecular complexity index is 855. The molecule has 2 saturated heterocycles. The molecule has 8 nitrogen and oxygen atoms in total. The third-order valence-corrected chi connectivity index (χ3v) is 7.47. The van der Waals surface area contributed by atoms with Crippen LogP contribution in [0.2, 0.25) is 0 Å². The molecule has 0 radical (unpaired) electrons. The van der Waals surface area contributed by atoms with Gasteiger partial charge in [-0.1, -0.05) is 24.3 Å². The van der Waals surface area contributed by atoms with Gasteiger partial charge in [0, 0.05) is 39.3 Å². The van der Waals surface area contributed by atoms with Crippen molar-refractivity contribution in [3.05, 3.63) is 24.3 Å². The largest absolute Gasteiger partial charge is 0.396 e. The molecule has 0 aromatic heterocycles. The van der Waals surface area contributed by atoms with Crippen LogP contribution in [-0.4, -0.2) is 94.1 Å². The Balaban J connectivity index is 1.80. The van der Waals surface area contributed by atoms with Crippen LogP contribution in [0.1, 0.15) is 40.0 Å². The molecule has 0 aromatic rings. The first-order chi connectivity index (χ1) is 15.2. The van der Waals surface area contributed by atoms with Gasteiger partial charge >= 0.3 is 0 Å². The van der Waals surface area contributed by atoms with Gasteiger partial charge in [0.2, 0.25) is 17.7 Å². The lowest BCUT2D eigenvalue weighted by Crippen LogP contribution is -2.57. The molecule has 1 unspecified atom stereocenters. The molecule has 4 aliphatic heterocycles. The summed E-state index contributed by atoms with van der Waals surface area (Å²) in [6.07, 6.45) is 9.69. The molecule has 32 heavy (non-hydrogen) atoms. The highest BCUT2D eigenvalue weighted by Gasteiger charge is 2.74. The molecule has 4 aliphatic rings. The van der Waals surface area contributed by atoms with Crippen LogP contribution in [0.25, 0.3) is 0 Å². The Kier molecular flexibility index (Phi) is 5.96. The summed E-state index contributed by atoms with van der Waals surface area (Å²) < 4.78 is 6.70. The van der Waals surface area contributed by atoms with E-state index in [4.69, 9.17) is 9.84 Å². The number of carbonyl (C=O) groups is 3. The number of likely N-dealkylation sites (N-methyl/N-ethyl adjacent to an activating group) is 1. The zero-order valence-electron chi connectivity index (χ0n) is 19.5. The van der Waals surface area contributed by atoms with Crippen LogP contribution in [0, 0.1) is 11.8 Å². The Morgan fingerprint density at radius 2 is 1.75 bits per heavy atom. The lowest BCUT2D eigenvalue weighted by molar-refractivity contribution is -0.153. The first-order valence-corrected chi connectivity index (χ1v) is 11.7. The maximum Gasteiger partial charge on any atom is 0.249 e. The molecular formula is C24H35N3O5. The molecule has 1 N–H and O–H groups in total. The quantitative estimate of drug-likeness (QED) is 0.486. The van der Waals surface area contributed by atoms with E-state index in [0.29, 0.717) is 32.5 Å². The van der Waals surface area contributed by atoms with Crippen LogP contribution in [0.5, 0.6) is 0 Å². The summed E-state index contributed by atoms with van der Waals surface area (Å²) in [5.41, 5.74) is -2.13. The third kappa shape index (κ3) is 3.30. The average molecular weight is 446 g/mol. The predicted molar refractivity (Wildman–Crippen MR) is 118 cm³/mol. The van der Waals surface area contributed by atoms with Gasteiger partial charge in [0.05, 0.1) is 17.4 Å². The van der Waals surface area contributed by atoms with Crippen molar-refractivity contribution in [2.45, 2.75) is 63.3 Å². The number of unbranched alkanes of at least 4 members (excludes halogenated alkanes) is 2. The van der Waals surface area contributed by atoms with Crippen LogP contribution in [0.15, 0.2) is 24.3 Å². The number of hydrogen-bond acceptors (Lipinski definition) is 5. The third-order valence-electron chi connectivity index (χ3n) is 7.47. The smallest absolute Gasteiger partial charge is 0.249 e. The summed E-state index contributed by atoms with van der Waals surface area (Å²) in [5, 5.41) is 9.12. The highest BCUT2D eigenvalue weighted by molar-refractivity contribution is 6.00. The number of fused-ring (bicyclic) bond motifs is 2. The number of nitrogens with zero attached hydrogens (tertiary/aromatic N) is 3. The first kappa shape index (κ1) is 23.0. The molecule has 2 fully saturated rings. The lowest BCUT2D eigenvalue weighted by Gasteiger charge is -2.38. The van der Waals surface area contributed by atoms with Gasteiger partial charge < -0.3 is 24.5 Å². The van der Waals surface area contributed by atoms with Crippen molar-refractivity contribution < 1.29 is 24.2 Å². The Morgan fingerprint density at radius 1 is 1.03 bits per heavy atom. The minimum absolute atomic E-state index is 0.0252. The van der Waals surface area contributed by atoms with E-state index in [1.54, 1.807) is 21.7 Å². The number of amides is 3. The number of aliphatic hydroxyl groups is 1. The lowest BCUT2D eigenvalue weighted by atomic mass is 9.74. The second-order valence-corrected chi connectivity index (χ2v) is 9.92. The van der Waals surface area contributed by atoms with Gasteiger partial charge in [-0.25, -0.2) is 0 Å².